The van der Waals surface area contributed by atoms with Crippen molar-refractivity contribution in [3.63, 3.8) is 0 Å². The molecule has 0 atom stereocenters. The fraction of sp³-hybridized carbons (Fsp3) is 0.125. The molecule has 3 rings (SSSR count). The Morgan fingerprint density at radius 3 is 2.80 bits per heavy atom. The Balaban J connectivity index is 1.90. The van der Waals surface area contributed by atoms with Gasteiger partial charge in [0.05, 0.1) is 11.2 Å². The van der Waals surface area contributed by atoms with Gasteiger partial charge in [0, 0.05) is 18.2 Å². The van der Waals surface area contributed by atoms with Gasteiger partial charge in [-0.05, 0) is 24.6 Å². The number of rotatable bonds is 4. The molecule has 25 heavy (non-hydrogen) atoms. The van der Waals surface area contributed by atoms with E-state index in [1.165, 1.54) is 37.4 Å². The number of nitrogens with one attached hydrogen (secondary N) is 1. The molecule has 0 bridgehead atoms. The Morgan fingerprint density at radius 1 is 1.36 bits per heavy atom. The third-order valence-corrected chi connectivity index (χ3v) is 3.92. The molecule has 1 amide bonds. The van der Waals surface area contributed by atoms with Crippen molar-refractivity contribution in [3.8, 4) is 0 Å². The number of aromatic nitrogens is 3. The number of nitrogens with zero attached hydrogens (tertiary/aromatic N) is 3. The second-order valence-corrected chi connectivity index (χ2v) is 5.68. The van der Waals surface area contributed by atoms with Crippen LogP contribution in [0.1, 0.15) is 32.1 Å². The fourth-order valence-electron chi connectivity index (χ4n) is 2.41. The molecule has 1 aromatic carbocycles. The van der Waals surface area contributed by atoms with Gasteiger partial charge in [0.1, 0.15) is 11.5 Å². The summed E-state index contributed by atoms with van der Waals surface area (Å²) in [6, 6.07) is 5.60. The van der Waals surface area contributed by atoms with Crippen molar-refractivity contribution >= 4 is 29.1 Å². The highest BCUT2D eigenvalue weighted by Gasteiger charge is 2.22. The van der Waals surface area contributed by atoms with Gasteiger partial charge in [-0.1, -0.05) is 17.7 Å². The van der Waals surface area contributed by atoms with Crippen molar-refractivity contribution < 1.29 is 19.1 Å². The van der Waals surface area contributed by atoms with Gasteiger partial charge < -0.3 is 10.4 Å². The number of aromatic carboxylic acids is 1. The maximum Gasteiger partial charge on any atom is 0.354 e. The molecule has 2 N–H and O–H groups in total. The Morgan fingerprint density at radius 2 is 2.12 bits per heavy atom. The summed E-state index contributed by atoms with van der Waals surface area (Å²) in [6.45, 7) is 1.58. The summed E-state index contributed by atoms with van der Waals surface area (Å²) in [6.07, 6.45) is 1.40. The van der Waals surface area contributed by atoms with Crippen LogP contribution in [0.25, 0.3) is 5.65 Å². The van der Waals surface area contributed by atoms with Crippen LogP contribution in [0.2, 0.25) is 5.02 Å². The van der Waals surface area contributed by atoms with E-state index < -0.39 is 17.7 Å². The minimum atomic E-state index is -1.21. The van der Waals surface area contributed by atoms with Crippen LogP contribution in [0.4, 0.5) is 4.39 Å². The number of carbonyl (C=O) groups excluding carboxylic acids is 1. The molecule has 0 aliphatic rings. The minimum absolute atomic E-state index is 0.0152. The molecule has 0 aliphatic heterocycles. The molecular formula is C16H12ClFN4O3. The number of amides is 1. The topological polar surface area (TPSA) is 96.6 Å². The molecule has 2 aromatic heterocycles. The van der Waals surface area contributed by atoms with Crippen LogP contribution in [-0.2, 0) is 6.54 Å². The molecule has 0 aliphatic carbocycles. The number of carbonyl (C=O) groups is 2. The molecule has 2 heterocycles. The second kappa shape index (κ2) is 6.48. The molecule has 3 aromatic rings. The maximum atomic E-state index is 13.2. The van der Waals surface area contributed by atoms with E-state index in [2.05, 4.69) is 15.4 Å². The summed E-state index contributed by atoms with van der Waals surface area (Å²) in [5.41, 5.74) is 0.890. The van der Waals surface area contributed by atoms with E-state index in [1.807, 2.05) is 0 Å². The predicted molar refractivity (Wildman–Crippen MR) is 87.3 cm³/mol. The minimum Gasteiger partial charge on any atom is -0.476 e. The van der Waals surface area contributed by atoms with Crippen LogP contribution in [-0.4, -0.2) is 31.6 Å². The first-order valence-electron chi connectivity index (χ1n) is 7.18. The number of hydrogen-bond acceptors (Lipinski definition) is 4. The van der Waals surface area contributed by atoms with Crippen LogP contribution in [0.15, 0.2) is 30.5 Å². The van der Waals surface area contributed by atoms with E-state index in [1.54, 1.807) is 0 Å². The van der Waals surface area contributed by atoms with E-state index >= 15 is 0 Å². The van der Waals surface area contributed by atoms with Crippen LogP contribution < -0.4 is 5.32 Å². The summed E-state index contributed by atoms with van der Waals surface area (Å²) in [7, 11) is 0. The van der Waals surface area contributed by atoms with E-state index in [0.29, 0.717) is 5.56 Å². The van der Waals surface area contributed by atoms with Gasteiger partial charge in [0.15, 0.2) is 11.3 Å². The molecule has 0 saturated heterocycles. The lowest BCUT2D eigenvalue weighted by atomic mass is 10.1. The Hall–Kier alpha value is -3.00. The molecule has 0 unspecified atom stereocenters. The monoisotopic (exact) mass is 362 g/mol. The Kier molecular flexibility index (Phi) is 4.37. The summed E-state index contributed by atoms with van der Waals surface area (Å²) in [4.78, 5) is 28.1. The van der Waals surface area contributed by atoms with E-state index in [4.69, 9.17) is 11.6 Å². The average Bonchev–Trinajstić information content (AvgIpc) is 3.02. The third kappa shape index (κ3) is 3.16. The number of carboxylic acids is 1. The number of benzene rings is 1. The van der Waals surface area contributed by atoms with Crippen molar-refractivity contribution in [3.05, 3.63) is 63.8 Å². The maximum absolute atomic E-state index is 13.2. The quantitative estimate of drug-likeness (QED) is 0.743. The van der Waals surface area contributed by atoms with E-state index in [0.717, 1.165) is 4.52 Å². The molecule has 9 heteroatoms. The third-order valence-electron chi connectivity index (χ3n) is 3.63. The normalized spacial score (nSPS) is 10.8. The largest absolute Gasteiger partial charge is 0.476 e. The lowest BCUT2D eigenvalue weighted by molar-refractivity contribution is 0.0686. The van der Waals surface area contributed by atoms with Crippen molar-refractivity contribution in [1.82, 2.24) is 19.9 Å². The standard InChI is InChI=1S/C16H12ClFN4O3/c1-8-13(21-12-4-5-20-22(12)14(8)16(24)25)15(23)19-7-9-2-3-11(18)10(17)6-9/h2-6H,7H2,1H3,(H,19,23)(H,24,25). The van der Waals surface area contributed by atoms with Gasteiger partial charge in [-0.25, -0.2) is 18.7 Å². The zero-order valence-electron chi connectivity index (χ0n) is 13.0. The smallest absolute Gasteiger partial charge is 0.354 e. The Labute approximate surface area is 146 Å². The lowest BCUT2D eigenvalue weighted by Gasteiger charge is -2.11. The molecule has 7 nitrogen and oxygen atoms in total. The zero-order valence-corrected chi connectivity index (χ0v) is 13.7. The first kappa shape index (κ1) is 16.8. The van der Waals surface area contributed by atoms with Crippen LogP contribution in [0.3, 0.4) is 0 Å². The second-order valence-electron chi connectivity index (χ2n) is 5.27. The first-order valence-corrected chi connectivity index (χ1v) is 7.56. The number of fused-ring (bicyclic) bond motifs is 1. The summed E-state index contributed by atoms with van der Waals surface area (Å²) < 4.78 is 14.3. The number of hydrogen-bond donors (Lipinski definition) is 2. The molecule has 0 fully saturated rings. The number of halogens is 2. The van der Waals surface area contributed by atoms with Gasteiger partial charge in [-0.15, -0.1) is 0 Å². The van der Waals surface area contributed by atoms with Crippen LogP contribution in [0, 0.1) is 12.7 Å². The number of carboxylic acid groups (broad SMARTS) is 1. The lowest BCUT2D eigenvalue weighted by Crippen LogP contribution is -2.26. The van der Waals surface area contributed by atoms with Gasteiger partial charge in [-0.2, -0.15) is 5.10 Å². The molecule has 0 spiro atoms. The van der Waals surface area contributed by atoms with Crippen molar-refractivity contribution in [2.24, 2.45) is 0 Å². The van der Waals surface area contributed by atoms with E-state index in [9.17, 15) is 19.1 Å². The summed E-state index contributed by atoms with van der Waals surface area (Å²) >= 11 is 5.70. The summed E-state index contributed by atoms with van der Waals surface area (Å²) in [5.74, 6) is -2.32. The van der Waals surface area contributed by atoms with Gasteiger partial charge in [0.25, 0.3) is 5.91 Å². The van der Waals surface area contributed by atoms with Crippen molar-refractivity contribution in [2.75, 3.05) is 0 Å². The van der Waals surface area contributed by atoms with Crippen LogP contribution in [0.5, 0.6) is 0 Å². The van der Waals surface area contributed by atoms with Gasteiger partial charge in [-0.3, -0.25) is 4.79 Å². The average molecular weight is 363 g/mol. The van der Waals surface area contributed by atoms with Gasteiger partial charge >= 0.3 is 5.97 Å². The highest BCUT2D eigenvalue weighted by atomic mass is 35.5. The van der Waals surface area contributed by atoms with Gasteiger partial charge in [0.2, 0.25) is 0 Å². The van der Waals surface area contributed by atoms with Crippen molar-refractivity contribution in [2.45, 2.75) is 13.5 Å². The predicted octanol–water partition coefficient (Wildman–Crippen LogP) is 2.46. The van der Waals surface area contributed by atoms with E-state index in [-0.39, 0.29) is 34.2 Å². The SMILES string of the molecule is Cc1c(C(=O)NCc2ccc(F)c(Cl)c2)nc2ccnn2c1C(=O)O. The highest BCUT2D eigenvalue weighted by molar-refractivity contribution is 6.30. The zero-order chi connectivity index (χ0) is 18.1. The summed E-state index contributed by atoms with van der Waals surface area (Å²) in [5, 5.41) is 15.9. The first-order chi connectivity index (χ1) is 11.9. The molecule has 0 radical (unpaired) electrons. The molecule has 128 valence electrons. The van der Waals surface area contributed by atoms with Crippen LogP contribution >= 0.6 is 11.6 Å². The molecule has 0 saturated carbocycles. The fourth-order valence-corrected chi connectivity index (χ4v) is 2.61. The highest BCUT2D eigenvalue weighted by Crippen LogP contribution is 2.17. The van der Waals surface area contributed by atoms with Crippen molar-refractivity contribution in [1.29, 1.82) is 0 Å². The Bertz CT molecular complexity index is 1000. The molecular weight excluding hydrogens is 351 g/mol.